The van der Waals surface area contributed by atoms with Crippen LogP contribution in [0.2, 0.25) is 0 Å². The summed E-state index contributed by atoms with van der Waals surface area (Å²) in [5.41, 5.74) is -0.0226. The van der Waals surface area contributed by atoms with E-state index in [1.54, 1.807) is 6.92 Å². The van der Waals surface area contributed by atoms with Gasteiger partial charge in [0.25, 0.3) is 0 Å². The first-order valence-electron chi connectivity index (χ1n) is 5.35. The van der Waals surface area contributed by atoms with E-state index in [0.29, 0.717) is 0 Å². The predicted octanol–water partition coefficient (Wildman–Crippen LogP) is 1.67. The zero-order chi connectivity index (χ0) is 11.3. The van der Waals surface area contributed by atoms with Gasteiger partial charge in [-0.25, -0.2) is 4.79 Å². The van der Waals surface area contributed by atoms with Gasteiger partial charge in [-0.1, -0.05) is 25.3 Å². The van der Waals surface area contributed by atoms with Crippen LogP contribution in [0.1, 0.15) is 39.0 Å². The number of carboxylic acids is 1. The third kappa shape index (κ3) is 3.38. The molecule has 0 unspecified atom stereocenters. The maximum absolute atomic E-state index is 11.7. The maximum Gasteiger partial charge on any atom is 0.352 e. The Balaban J connectivity index is 2.50. The number of nitrogens with one attached hydrogen (secondary N) is 1. The van der Waals surface area contributed by atoms with Crippen molar-refractivity contribution in [2.24, 2.45) is 5.92 Å². The number of carboxylic acid groups (broad SMARTS) is 1. The minimum absolute atomic E-state index is 0.00644. The summed E-state index contributed by atoms with van der Waals surface area (Å²) in [5.74, 6) is -1.24. The number of allylic oxidation sites excluding steroid dienone is 1. The second kappa shape index (κ2) is 5.53. The number of carbonyl (C=O) groups excluding carboxylic acids is 1. The first kappa shape index (κ1) is 11.8. The summed E-state index contributed by atoms with van der Waals surface area (Å²) >= 11 is 0. The van der Waals surface area contributed by atoms with Crippen molar-refractivity contribution in [2.75, 3.05) is 0 Å². The number of amides is 1. The van der Waals surface area contributed by atoms with Gasteiger partial charge in [0.15, 0.2) is 0 Å². The minimum atomic E-state index is -1.08. The Labute approximate surface area is 89.4 Å². The molecule has 1 aliphatic carbocycles. The van der Waals surface area contributed by atoms with E-state index in [9.17, 15) is 9.59 Å². The molecule has 4 heteroatoms. The average Bonchev–Trinajstić information content (AvgIpc) is 2.26. The lowest BCUT2D eigenvalue weighted by molar-refractivity contribution is -0.135. The standard InChI is InChI=1S/C11H17NO3/c1-2-9(11(14)15)12-10(13)8-6-4-3-5-7-8/h2,8H,3-7H2,1H3,(H,12,13)(H,14,15)/b9-2-. The monoisotopic (exact) mass is 211 g/mol. The highest BCUT2D eigenvalue weighted by Gasteiger charge is 2.22. The van der Waals surface area contributed by atoms with Gasteiger partial charge in [-0.2, -0.15) is 0 Å². The van der Waals surface area contributed by atoms with Gasteiger partial charge >= 0.3 is 5.97 Å². The van der Waals surface area contributed by atoms with Gasteiger partial charge in [-0.3, -0.25) is 4.79 Å². The number of hydrogen-bond acceptors (Lipinski definition) is 2. The molecule has 0 aromatic heterocycles. The SMILES string of the molecule is C/C=C(\NC(=O)C1CCCCC1)C(=O)O. The smallest absolute Gasteiger partial charge is 0.352 e. The van der Waals surface area contributed by atoms with Gasteiger partial charge in [0.1, 0.15) is 5.70 Å². The third-order valence-corrected chi connectivity index (χ3v) is 2.75. The van der Waals surface area contributed by atoms with E-state index in [1.807, 2.05) is 0 Å². The molecule has 0 bridgehead atoms. The van der Waals surface area contributed by atoms with Crippen molar-refractivity contribution >= 4 is 11.9 Å². The van der Waals surface area contributed by atoms with Crippen molar-refractivity contribution in [1.82, 2.24) is 5.32 Å². The summed E-state index contributed by atoms with van der Waals surface area (Å²) in [4.78, 5) is 22.3. The van der Waals surface area contributed by atoms with Crippen LogP contribution >= 0.6 is 0 Å². The molecule has 84 valence electrons. The largest absolute Gasteiger partial charge is 0.477 e. The Hall–Kier alpha value is -1.32. The molecule has 0 atom stereocenters. The average molecular weight is 211 g/mol. The molecule has 0 aromatic rings. The lowest BCUT2D eigenvalue weighted by Crippen LogP contribution is -2.33. The van der Waals surface area contributed by atoms with Crippen molar-refractivity contribution < 1.29 is 14.7 Å². The van der Waals surface area contributed by atoms with Gasteiger partial charge in [-0.05, 0) is 19.8 Å². The summed E-state index contributed by atoms with van der Waals surface area (Å²) in [6.45, 7) is 1.60. The fourth-order valence-corrected chi connectivity index (χ4v) is 1.85. The Morgan fingerprint density at radius 3 is 2.33 bits per heavy atom. The fourth-order valence-electron chi connectivity index (χ4n) is 1.85. The lowest BCUT2D eigenvalue weighted by Gasteiger charge is -2.20. The summed E-state index contributed by atoms with van der Waals surface area (Å²) in [5, 5.41) is 11.2. The van der Waals surface area contributed by atoms with E-state index in [1.165, 1.54) is 12.5 Å². The van der Waals surface area contributed by atoms with E-state index in [2.05, 4.69) is 5.32 Å². The second-order valence-corrected chi connectivity index (χ2v) is 3.83. The van der Waals surface area contributed by atoms with E-state index < -0.39 is 5.97 Å². The third-order valence-electron chi connectivity index (χ3n) is 2.75. The Kier molecular flexibility index (Phi) is 4.34. The topological polar surface area (TPSA) is 66.4 Å². The molecule has 0 radical (unpaired) electrons. The fraction of sp³-hybridized carbons (Fsp3) is 0.636. The Bertz CT molecular complexity index is 278. The quantitative estimate of drug-likeness (QED) is 0.698. The van der Waals surface area contributed by atoms with Crippen molar-refractivity contribution in [3.63, 3.8) is 0 Å². The minimum Gasteiger partial charge on any atom is -0.477 e. The van der Waals surface area contributed by atoms with E-state index >= 15 is 0 Å². The van der Waals surface area contributed by atoms with E-state index in [0.717, 1.165) is 25.7 Å². The lowest BCUT2D eigenvalue weighted by atomic mass is 9.88. The zero-order valence-corrected chi connectivity index (χ0v) is 8.95. The van der Waals surface area contributed by atoms with Crippen LogP contribution in [0.3, 0.4) is 0 Å². The highest BCUT2D eigenvalue weighted by atomic mass is 16.4. The van der Waals surface area contributed by atoms with Crippen molar-refractivity contribution in [3.05, 3.63) is 11.8 Å². The van der Waals surface area contributed by atoms with Gasteiger partial charge in [0.2, 0.25) is 5.91 Å². The summed E-state index contributed by atoms with van der Waals surface area (Å²) in [6, 6.07) is 0. The van der Waals surface area contributed by atoms with E-state index in [4.69, 9.17) is 5.11 Å². The predicted molar refractivity (Wildman–Crippen MR) is 56.1 cm³/mol. The highest BCUT2D eigenvalue weighted by Crippen LogP contribution is 2.23. The molecular formula is C11H17NO3. The summed E-state index contributed by atoms with van der Waals surface area (Å²) in [7, 11) is 0. The second-order valence-electron chi connectivity index (χ2n) is 3.83. The number of rotatable bonds is 3. The van der Waals surface area contributed by atoms with Gasteiger partial charge < -0.3 is 10.4 Å². The molecule has 2 N–H and O–H groups in total. The Morgan fingerprint density at radius 1 is 1.27 bits per heavy atom. The molecule has 1 rings (SSSR count). The molecule has 15 heavy (non-hydrogen) atoms. The summed E-state index contributed by atoms with van der Waals surface area (Å²) in [6.07, 6.45) is 6.47. The molecule has 0 spiro atoms. The molecule has 1 aliphatic rings. The van der Waals surface area contributed by atoms with Crippen LogP contribution in [0.25, 0.3) is 0 Å². The first-order valence-corrected chi connectivity index (χ1v) is 5.35. The normalized spacial score (nSPS) is 18.6. The molecule has 1 amide bonds. The van der Waals surface area contributed by atoms with Crippen LogP contribution in [0.4, 0.5) is 0 Å². The molecule has 1 fully saturated rings. The van der Waals surface area contributed by atoms with Crippen LogP contribution in [-0.4, -0.2) is 17.0 Å². The first-order chi connectivity index (χ1) is 7.15. The van der Waals surface area contributed by atoms with Gasteiger partial charge in [-0.15, -0.1) is 0 Å². The van der Waals surface area contributed by atoms with Crippen LogP contribution in [-0.2, 0) is 9.59 Å². The van der Waals surface area contributed by atoms with E-state index in [-0.39, 0.29) is 17.5 Å². The molecule has 0 aliphatic heterocycles. The molecule has 1 saturated carbocycles. The number of carbonyl (C=O) groups is 2. The van der Waals surface area contributed by atoms with Gasteiger partial charge in [0.05, 0.1) is 0 Å². The highest BCUT2D eigenvalue weighted by molar-refractivity contribution is 5.93. The number of hydrogen-bond donors (Lipinski definition) is 2. The molecule has 4 nitrogen and oxygen atoms in total. The van der Waals surface area contributed by atoms with Crippen LogP contribution in [0, 0.1) is 5.92 Å². The molecule has 0 heterocycles. The number of aliphatic carboxylic acids is 1. The van der Waals surface area contributed by atoms with Crippen LogP contribution < -0.4 is 5.32 Å². The molecule has 0 saturated heterocycles. The zero-order valence-electron chi connectivity index (χ0n) is 8.95. The molecular weight excluding hydrogens is 194 g/mol. The van der Waals surface area contributed by atoms with Crippen LogP contribution in [0.15, 0.2) is 11.8 Å². The van der Waals surface area contributed by atoms with Crippen molar-refractivity contribution in [2.45, 2.75) is 39.0 Å². The summed E-state index contributed by atoms with van der Waals surface area (Å²) < 4.78 is 0. The van der Waals surface area contributed by atoms with Gasteiger partial charge in [0, 0.05) is 5.92 Å². The van der Waals surface area contributed by atoms with Crippen molar-refractivity contribution in [3.8, 4) is 0 Å². The Morgan fingerprint density at radius 2 is 1.87 bits per heavy atom. The molecule has 0 aromatic carbocycles. The van der Waals surface area contributed by atoms with Crippen LogP contribution in [0.5, 0.6) is 0 Å². The maximum atomic E-state index is 11.7. The van der Waals surface area contributed by atoms with Crippen molar-refractivity contribution in [1.29, 1.82) is 0 Å².